The summed E-state index contributed by atoms with van der Waals surface area (Å²) in [5.41, 5.74) is 8.01. The lowest BCUT2D eigenvalue weighted by molar-refractivity contribution is -0.120. The number of primary amides is 1. The number of rotatable bonds is 5. The number of para-hydroxylation sites is 1. The van der Waals surface area contributed by atoms with Crippen LogP contribution in [0.25, 0.3) is 21.5 Å². The number of thiazole rings is 2. The van der Waals surface area contributed by atoms with E-state index in [0.717, 1.165) is 27.2 Å². The molecule has 3 heterocycles. The molecular formula is C22H19N5O2S2. The van der Waals surface area contributed by atoms with Crippen LogP contribution in [-0.2, 0) is 4.79 Å². The number of hydrogen-bond acceptors (Lipinski definition) is 6. The average Bonchev–Trinajstić information content (AvgIpc) is 3.52. The van der Waals surface area contributed by atoms with Crippen molar-refractivity contribution in [2.75, 3.05) is 5.32 Å². The minimum atomic E-state index is -0.527. The zero-order valence-electron chi connectivity index (χ0n) is 16.4. The number of fused-ring (bicyclic) bond motifs is 1. The molecule has 0 saturated carbocycles. The van der Waals surface area contributed by atoms with Gasteiger partial charge in [-0.2, -0.15) is 0 Å². The topological polar surface area (TPSA) is 114 Å². The van der Waals surface area contributed by atoms with Gasteiger partial charge in [-0.1, -0.05) is 24.3 Å². The molecule has 0 bridgehead atoms. The number of carbonyl (C=O) groups is 2. The van der Waals surface area contributed by atoms with E-state index < -0.39 is 5.91 Å². The number of aromatic amines is 1. The Morgan fingerprint density at radius 3 is 2.81 bits per heavy atom. The Morgan fingerprint density at radius 2 is 2.00 bits per heavy atom. The molecule has 5 rings (SSSR count). The molecule has 1 aliphatic carbocycles. The van der Waals surface area contributed by atoms with Crippen molar-refractivity contribution in [2.24, 2.45) is 11.7 Å². The van der Waals surface area contributed by atoms with Crippen LogP contribution >= 0.6 is 22.7 Å². The maximum Gasteiger partial charge on any atom is 0.265 e. The molecule has 3 aromatic heterocycles. The predicted octanol–water partition coefficient (Wildman–Crippen LogP) is 4.54. The van der Waals surface area contributed by atoms with Crippen molar-refractivity contribution in [3.05, 3.63) is 64.8 Å². The number of nitrogens with two attached hydrogens (primary N) is 1. The summed E-state index contributed by atoms with van der Waals surface area (Å²) in [5, 5.41) is 6.34. The van der Waals surface area contributed by atoms with Gasteiger partial charge in [0.15, 0.2) is 5.13 Å². The Labute approximate surface area is 186 Å². The Morgan fingerprint density at radius 1 is 1.16 bits per heavy atom. The van der Waals surface area contributed by atoms with Crippen LogP contribution in [0.1, 0.15) is 34.3 Å². The molecule has 4 aromatic rings. The van der Waals surface area contributed by atoms with Crippen LogP contribution in [0, 0.1) is 5.92 Å². The second kappa shape index (κ2) is 8.09. The Balaban J connectivity index is 1.34. The Hall–Kier alpha value is -3.30. The van der Waals surface area contributed by atoms with Crippen molar-refractivity contribution in [2.45, 2.75) is 18.8 Å². The molecule has 2 atom stereocenters. The van der Waals surface area contributed by atoms with Crippen molar-refractivity contribution in [3.8, 4) is 11.3 Å². The number of carbonyl (C=O) groups excluding carboxylic acids is 2. The minimum absolute atomic E-state index is 0.0460. The summed E-state index contributed by atoms with van der Waals surface area (Å²) >= 11 is 3.01. The Kier molecular flexibility index (Phi) is 5.13. The SMILES string of the molecule is NC(=O)c1cc(-c2csc(NC(=O)C3CC=CCC3c3nc4ccccc4s3)n2)c[nH]1. The molecule has 1 aromatic carbocycles. The summed E-state index contributed by atoms with van der Waals surface area (Å²) in [6.45, 7) is 0. The molecule has 0 radical (unpaired) electrons. The third-order valence-electron chi connectivity index (χ3n) is 5.38. The number of nitrogens with zero attached hydrogens (tertiary/aromatic N) is 2. The molecule has 9 heteroatoms. The summed E-state index contributed by atoms with van der Waals surface area (Å²) in [6.07, 6.45) is 7.33. The highest BCUT2D eigenvalue weighted by atomic mass is 32.1. The summed E-state index contributed by atoms with van der Waals surface area (Å²) < 4.78 is 1.14. The first-order chi connectivity index (χ1) is 15.1. The molecule has 0 fully saturated rings. The van der Waals surface area contributed by atoms with E-state index in [0.29, 0.717) is 22.9 Å². The van der Waals surface area contributed by atoms with E-state index >= 15 is 0 Å². The van der Waals surface area contributed by atoms with E-state index in [1.54, 1.807) is 23.6 Å². The number of aromatic nitrogens is 3. The van der Waals surface area contributed by atoms with Gasteiger partial charge in [0.05, 0.1) is 26.8 Å². The van der Waals surface area contributed by atoms with E-state index in [4.69, 9.17) is 10.7 Å². The van der Waals surface area contributed by atoms with Gasteiger partial charge in [-0.25, -0.2) is 9.97 Å². The molecule has 156 valence electrons. The van der Waals surface area contributed by atoms with E-state index in [-0.39, 0.29) is 17.7 Å². The molecule has 0 saturated heterocycles. The van der Waals surface area contributed by atoms with Gasteiger partial charge in [0.1, 0.15) is 5.69 Å². The Bertz CT molecular complexity index is 1270. The smallest absolute Gasteiger partial charge is 0.265 e. The number of allylic oxidation sites excluding steroid dienone is 2. The van der Waals surface area contributed by atoms with Gasteiger partial charge in [0.25, 0.3) is 5.91 Å². The first kappa shape index (κ1) is 19.7. The van der Waals surface area contributed by atoms with Gasteiger partial charge in [0.2, 0.25) is 5.91 Å². The lowest BCUT2D eigenvalue weighted by Gasteiger charge is -2.25. The second-order valence-corrected chi connectivity index (χ2v) is 9.29. The van der Waals surface area contributed by atoms with Crippen molar-refractivity contribution < 1.29 is 9.59 Å². The molecule has 1 aliphatic rings. The van der Waals surface area contributed by atoms with E-state index in [9.17, 15) is 9.59 Å². The van der Waals surface area contributed by atoms with Crippen molar-refractivity contribution in [1.29, 1.82) is 0 Å². The third-order valence-corrected chi connectivity index (χ3v) is 7.30. The molecule has 31 heavy (non-hydrogen) atoms. The standard InChI is InChI=1S/C22H19N5O2S2/c23-19(28)16-9-12(10-24-16)17-11-30-22(26-17)27-20(29)13-5-1-2-6-14(13)21-25-15-7-3-4-8-18(15)31-21/h1-4,7-11,13-14,24H,5-6H2,(H2,23,28)(H,26,27,29). The van der Waals surface area contributed by atoms with Crippen LogP contribution in [0.4, 0.5) is 5.13 Å². The minimum Gasteiger partial charge on any atom is -0.364 e. The molecule has 2 unspecified atom stereocenters. The van der Waals surface area contributed by atoms with Crippen LogP contribution in [0.5, 0.6) is 0 Å². The first-order valence-corrected chi connectivity index (χ1v) is 11.5. The highest BCUT2D eigenvalue weighted by Crippen LogP contribution is 2.39. The van der Waals surface area contributed by atoms with Crippen molar-refractivity contribution in [1.82, 2.24) is 15.0 Å². The zero-order chi connectivity index (χ0) is 21.4. The van der Waals surface area contributed by atoms with Crippen LogP contribution in [0.2, 0.25) is 0 Å². The normalized spacial score (nSPS) is 18.3. The average molecular weight is 450 g/mol. The quantitative estimate of drug-likeness (QED) is 0.388. The van der Waals surface area contributed by atoms with Gasteiger partial charge in [0, 0.05) is 23.1 Å². The lowest BCUT2D eigenvalue weighted by atomic mass is 9.83. The molecule has 0 spiro atoms. The maximum absolute atomic E-state index is 13.1. The van der Waals surface area contributed by atoms with Crippen molar-refractivity contribution in [3.63, 3.8) is 0 Å². The van der Waals surface area contributed by atoms with E-state index in [1.807, 2.05) is 23.6 Å². The molecule has 2 amide bonds. The number of H-pyrrole nitrogens is 1. The third kappa shape index (κ3) is 3.89. The molecule has 4 N–H and O–H groups in total. The van der Waals surface area contributed by atoms with E-state index in [2.05, 4.69) is 33.5 Å². The van der Waals surface area contributed by atoms with E-state index in [1.165, 1.54) is 11.3 Å². The molecule has 0 aliphatic heterocycles. The number of amides is 2. The summed E-state index contributed by atoms with van der Waals surface area (Å²) in [7, 11) is 0. The van der Waals surface area contributed by atoms with Crippen LogP contribution in [0.3, 0.4) is 0 Å². The summed E-state index contributed by atoms with van der Waals surface area (Å²) in [4.78, 5) is 36.5. The molecular weight excluding hydrogens is 430 g/mol. The second-order valence-electron chi connectivity index (χ2n) is 7.37. The number of anilines is 1. The summed E-state index contributed by atoms with van der Waals surface area (Å²) in [5.74, 6) is -0.737. The summed E-state index contributed by atoms with van der Waals surface area (Å²) in [6, 6.07) is 9.70. The van der Waals surface area contributed by atoms with Gasteiger partial charge in [-0.05, 0) is 31.0 Å². The van der Waals surface area contributed by atoms with Gasteiger partial charge in [-0.3, -0.25) is 9.59 Å². The monoisotopic (exact) mass is 449 g/mol. The number of nitrogens with one attached hydrogen (secondary N) is 2. The van der Waals surface area contributed by atoms with Crippen LogP contribution < -0.4 is 11.1 Å². The van der Waals surface area contributed by atoms with Gasteiger partial charge < -0.3 is 16.0 Å². The highest BCUT2D eigenvalue weighted by molar-refractivity contribution is 7.18. The van der Waals surface area contributed by atoms with Crippen molar-refractivity contribution >= 4 is 49.8 Å². The number of benzene rings is 1. The number of hydrogen-bond donors (Lipinski definition) is 3. The zero-order valence-corrected chi connectivity index (χ0v) is 18.0. The maximum atomic E-state index is 13.1. The van der Waals surface area contributed by atoms with Gasteiger partial charge in [-0.15, -0.1) is 22.7 Å². The molecule has 7 nitrogen and oxygen atoms in total. The lowest BCUT2D eigenvalue weighted by Crippen LogP contribution is -2.29. The first-order valence-electron chi connectivity index (χ1n) is 9.84. The van der Waals surface area contributed by atoms with Crippen LogP contribution in [0.15, 0.2) is 54.1 Å². The van der Waals surface area contributed by atoms with Gasteiger partial charge >= 0.3 is 0 Å². The fourth-order valence-corrected chi connectivity index (χ4v) is 5.64. The largest absolute Gasteiger partial charge is 0.364 e. The fourth-order valence-electron chi connectivity index (χ4n) is 3.77. The fraction of sp³-hybridized carbons (Fsp3) is 0.182. The highest BCUT2D eigenvalue weighted by Gasteiger charge is 2.32. The van der Waals surface area contributed by atoms with Crippen LogP contribution in [-0.4, -0.2) is 26.8 Å². The predicted molar refractivity (Wildman–Crippen MR) is 123 cm³/mol.